The van der Waals surface area contributed by atoms with Gasteiger partial charge in [-0.05, 0) is 29.8 Å². The number of nitrogens with zero attached hydrogens (tertiary/aromatic N) is 1. The number of rotatable bonds is 3. The molecule has 1 atom stereocenters. The number of alkyl halides is 1. The Bertz CT molecular complexity index is 776. The summed E-state index contributed by atoms with van der Waals surface area (Å²) < 4.78 is 6.43. The number of fused-ring (bicyclic) bond motifs is 1. The smallest absolute Gasteiger partial charge is 0.218 e. The molecule has 1 heterocycles. The quantitative estimate of drug-likeness (QED) is 0.587. The van der Waals surface area contributed by atoms with Crippen LogP contribution in [0, 0.1) is 0 Å². The van der Waals surface area contributed by atoms with Gasteiger partial charge >= 0.3 is 0 Å². The zero-order chi connectivity index (χ0) is 14.8. The van der Waals surface area contributed by atoms with E-state index in [1.165, 1.54) is 0 Å². The highest BCUT2D eigenvalue weighted by Gasteiger charge is 2.17. The maximum atomic E-state index is 6.62. The van der Waals surface area contributed by atoms with Crippen molar-refractivity contribution in [2.24, 2.45) is 0 Å². The predicted molar refractivity (Wildman–Crippen MR) is 90.1 cm³/mol. The third-order valence-electron chi connectivity index (χ3n) is 3.33. The van der Waals surface area contributed by atoms with E-state index < -0.39 is 0 Å². The summed E-state index contributed by atoms with van der Waals surface area (Å²) in [5.41, 5.74) is 2.78. The molecular weight excluding hydrogens is 350 g/mol. The molecule has 0 N–H and O–H groups in total. The third-order valence-corrected chi connectivity index (χ3v) is 4.31. The van der Waals surface area contributed by atoms with Gasteiger partial charge in [0.1, 0.15) is 0 Å². The van der Waals surface area contributed by atoms with Crippen molar-refractivity contribution in [1.29, 1.82) is 0 Å². The Balaban J connectivity index is 2.16. The highest BCUT2D eigenvalue weighted by molar-refractivity contribution is 9.10. The summed E-state index contributed by atoms with van der Waals surface area (Å²) in [5.74, 6) is 0.564. The number of benzene rings is 2. The van der Waals surface area contributed by atoms with Crippen LogP contribution in [-0.2, 0) is 0 Å². The lowest BCUT2D eigenvalue weighted by Crippen LogP contribution is -2.00. The van der Waals surface area contributed by atoms with Crippen molar-refractivity contribution in [2.45, 2.75) is 5.38 Å². The fraction of sp³-hybridized carbons (Fsp3) is 0.118. The second-order valence-corrected chi connectivity index (χ2v) is 6.05. The monoisotopic (exact) mass is 361 g/mol. The van der Waals surface area contributed by atoms with Crippen molar-refractivity contribution >= 4 is 38.4 Å². The van der Waals surface area contributed by atoms with Gasteiger partial charge in [-0.2, -0.15) is 0 Å². The van der Waals surface area contributed by atoms with E-state index in [0.717, 1.165) is 26.5 Å². The molecule has 2 nitrogen and oxygen atoms in total. The lowest BCUT2D eigenvalue weighted by Gasteiger charge is -2.14. The lowest BCUT2D eigenvalue weighted by molar-refractivity contribution is 0.395. The zero-order valence-corrected chi connectivity index (χ0v) is 13.7. The van der Waals surface area contributed by atoms with Crippen molar-refractivity contribution in [2.75, 3.05) is 7.11 Å². The Morgan fingerprint density at radius 1 is 1.10 bits per heavy atom. The van der Waals surface area contributed by atoms with E-state index >= 15 is 0 Å². The second-order valence-electron chi connectivity index (χ2n) is 4.70. The molecule has 0 aliphatic rings. The van der Waals surface area contributed by atoms with E-state index in [1.807, 2.05) is 54.6 Å². The first-order chi connectivity index (χ1) is 10.2. The Labute approximate surface area is 136 Å². The van der Waals surface area contributed by atoms with Crippen molar-refractivity contribution in [3.05, 3.63) is 70.2 Å². The third kappa shape index (κ3) is 2.89. The van der Waals surface area contributed by atoms with E-state index in [1.54, 1.807) is 7.11 Å². The van der Waals surface area contributed by atoms with Crippen LogP contribution in [0.4, 0.5) is 0 Å². The van der Waals surface area contributed by atoms with Gasteiger partial charge in [-0.3, -0.25) is 0 Å². The van der Waals surface area contributed by atoms with Gasteiger partial charge < -0.3 is 4.74 Å². The van der Waals surface area contributed by atoms with E-state index in [-0.39, 0.29) is 5.38 Å². The first-order valence-electron chi connectivity index (χ1n) is 6.52. The largest absolute Gasteiger partial charge is 0.481 e. The molecule has 3 rings (SSSR count). The molecule has 0 fully saturated rings. The minimum absolute atomic E-state index is 0.294. The van der Waals surface area contributed by atoms with Gasteiger partial charge in [-0.15, -0.1) is 11.6 Å². The summed E-state index contributed by atoms with van der Waals surface area (Å²) in [5, 5.41) is 0.735. The summed E-state index contributed by atoms with van der Waals surface area (Å²) in [6.07, 6.45) is 0. The Morgan fingerprint density at radius 2 is 1.86 bits per heavy atom. The summed E-state index contributed by atoms with van der Waals surface area (Å²) in [4.78, 5) is 4.55. The first kappa shape index (κ1) is 14.4. The molecule has 0 bridgehead atoms. The van der Waals surface area contributed by atoms with Gasteiger partial charge in [0.25, 0.3) is 0 Å². The molecule has 0 aliphatic heterocycles. The zero-order valence-electron chi connectivity index (χ0n) is 11.4. The van der Waals surface area contributed by atoms with Crippen LogP contribution in [-0.4, -0.2) is 12.1 Å². The fourth-order valence-electron chi connectivity index (χ4n) is 2.29. The molecule has 106 valence electrons. The van der Waals surface area contributed by atoms with E-state index in [4.69, 9.17) is 16.3 Å². The Kier molecular flexibility index (Phi) is 4.13. The van der Waals surface area contributed by atoms with Crippen molar-refractivity contribution < 1.29 is 4.74 Å². The number of pyridine rings is 1. The molecule has 4 heteroatoms. The average molecular weight is 363 g/mol. The van der Waals surface area contributed by atoms with E-state index in [0.29, 0.717) is 5.88 Å². The molecule has 1 aromatic heterocycles. The Hall–Kier alpha value is -1.58. The molecule has 3 aromatic rings. The summed E-state index contributed by atoms with van der Waals surface area (Å²) in [6, 6.07) is 17.9. The molecule has 0 amide bonds. The minimum Gasteiger partial charge on any atom is -0.481 e. The molecule has 0 aliphatic carbocycles. The van der Waals surface area contributed by atoms with Crippen LogP contribution in [0.2, 0.25) is 0 Å². The van der Waals surface area contributed by atoms with Crippen LogP contribution in [0.25, 0.3) is 10.9 Å². The van der Waals surface area contributed by atoms with Gasteiger partial charge in [0.2, 0.25) is 5.88 Å². The van der Waals surface area contributed by atoms with Gasteiger partial charge in [0.15, 0.2) is 0 Å². The van der Waals surface area contributed by atoms with Crippen LogP contribution in [0.15, 0.2) is 59.1 Å². The summed E-state index contributed by atoms with van der Waals surface area (Å²) in [7, 11) is 1.62. The number of ether oxygens (including phenoxy) is 1. The standard InChI is InChI=1S/C17H13BrClNO/c1-21-17-14(16(19)11-5-3-2-4-6-11)10-12-9-13(18)7-8-15(12)20-17/h2-10,16H,1H3. The second kappa shape index (κ2) is 6.04. The normalized spacial score (nSPS) is 12.3. The Morgan fingerprint density at radius 3 is 2.57 bits per heavy atom. The molecule has 0 saturated carbocycles. The summed E-state index contributed by atoms with van der Waals surface area (Å²) >= 11 is 10.1. The molecule has 0 radical (unpaired) electrons. The molecular formula is C17H13BrClNO. The SMILES string of the molecule is COc1nc2ccc(Br)cc2cc1C(Cl)c1ccccc1. The first-order valence-corrected chi connectivity index (χ1v) is 7.75. The van der Waals surface area contributed by atoms with E-state index in [2.05, 4.69) is 20.9 Å². The predicted octanol–water partition coefficient (Wildman–Crippen LogP) is 5.33. The highest BCUT2D eigenvalue weighted by Crippen LogP contribution is 2.36. The maximum Gasteiger partial charge on any atom is 0.218 e. The molecule has 0 spiro atoms. The van der Waals surface area contributed by atoms with Gasteiger partial charge in [-0.1, -0.05) is 46.3 Å². The summed E-state index contributed by atoms with van der Waals surface area (Å²) in [6.45, 7) is 0. The van der Waals surface area contributed by atoms with Crippen LogP contribution >= 0.6 is 27.5 Å². The molecule has 0 saturated heterocycles. The average Bonchev–Trinajstić information content (AvgIpc) is 2.53. The van der Waals surface area contributed by atoms with Crippen molar-refractivity contribution in [3.8, 4) is 5.88 Å². The number of methoxy groups -OCH3 is 1. The molecule has 1 unspecified atom stereocenters. The van der Waals surface area contributed by atoms with E-state index in [9.17, 15) is 0 Å². The number of aromatic nitrogens is 1. The number of hydrogen-bond acceptors (Lipinski definition) is 2. The van der Waals surface area contributed by atoms with Crippen LogP contribution in [0.5, 0.6) is 5.88 Å². The van der Waals surface area contributed by atoms with Gasteiger partial charge in [0.05, 0.1) is 18.0 Å². The van der Waals surface area contributed by atoms with Crippen LogP contribution in [0.1, 0.15) is 16.5 Å². The maximum absolute atomic E-state index is 6.62. The van der Waals surface area contributed by atoms with Crippen LogP contribution in [0.3, 0.4) is 0 Å². The fourth-order valence-corrected chi connectivity index (χ4v) is 2.97. The number of halogens is 2. The molecule has 2 aromatic carbocycles. The minimum atomic E-state index is -0.294. The highest BCUT2D eigenvalue weighted by atomic mass is 79.9. The number of hydrogen-bond donors (Lipinski definition) is 0. The van der Waals surface area contributed by atoms with Crippen molar-refractivity contribution in [3.63, 3.8) is 0 Å². The van der Waals surface area contributed by atoms with Crippen molar-refractivity contribution in [1.82, 2.24) is 4.98 Å². The van der Waals surface area contributed by atoms with Gasteiger partial charge in [-0.25, -0.2) is 4.98 Å². The lowest BCUT2D eigenvalue weighted by atomic mass is 10.0. The molecule has 21 heavy (non-hydrogen) atoms. The topological polar surface area (TPSA) is 22.1 Å². The van der Waals surface area contributed by atoms with Gasteiger partial charge in [0, 0.05) is 15.4 Å². The van der Waals surface area contributed by atoms with Crippen LogP contribution < -0.4 is 4.74 Å².